The Bertz CT molecular complexity index is 1030. The number of aromatic amines is 1. The molecule has 2 aromatic rings. The molecule has 7 nitrogen and oxygen atoms in total. The van der Waals surface area contributed by atoms with Crippen LogP contribution in [0.15, 0.2) is 52.4 Å². The molecule has 2 aliphatic heterocycles. The van der Waals surface area contributed by atoms with Crippen LogP contribution in [0.4, 0.5) is 0 Å². The summed E-state index contributed by atoms with van der Waals surface area (Å²) in [5.41, 5.74) is 4.55. The van der Waals surface area contributed by atoms with Crippen molar-refractivity contribution in [1.82, 2.24) is 20.4 Å². The molecule has 1 aromatic heterocycles. The number of hydrogen-bond acceptors (Lipinski definition) is 6. The van der Waals surface area contributed by atoms with Crippen LogP contribution in [0.3, 0.4) is 0 Å². The highest BCUT2D eigenvalue weighted by Gasteiger charge is 2.28. The second kappa shape index (κ2) is 9.28. The number of phenolic OH excluding ortho intramolecular Hbond substituents is 1. The van der Waals surface area contributed by atoms with Crippen LogP contribution in [0.25, 0.3) is 11.1 Å². The lowest BCUT2D eigenvalue weighted by atomic mass is 10.00. The second-order valence-electron chi connectivity index (χ2n) is 9.13. The van der Waals surface area contributed by atoms with Crippen molar-refractivity contribution >= 4 is 11.5 Å². The van der Waals surface area contributed by atoms with Crippen molar-refractivity contribution in [2.75, 3.05) is 13.1 Å². The summed E-state index contributed by atoms with van der Waals surface area (Å²) in [6.07, 6.45) is 13.9. The normalized spacial score (nSPS) is 22.0. The Morgan fingerprint density at radius 2 is 2.00 bits per heavy atom. The summed E-state index contributed by atoms with van der Waals surface area (Å²) in [7, 11) is 0. The third-order valence-electron chi connectivity index (χ3n) is 6.94. The molecule has 1 saturated carbocycles. The molecule has 2 fully saturated rings. The maximum absolute atomic E-state index is 10.7. The maximum Gasteiger partial charge on any atom is 0.131 e. The molecule has 0 amide bonds. The third kappa shape index (κ3) is 4.48. The third-order valence-corrected chi connectivity index (χ3v) is 6.94. The fourth-order valence-corrected chi connectivity index (χ4v) is 5.05. The lowest BCUT2D eigenvalue weighted by Gasteiger charge is -2.22. The number of allylic oxidation sites excluding steroid dienone is 1. The summed E-state index contributed by atoms with van der Waals surface area (Å²) < 4.78 is 0. The average Bonchev–Trinajstić information content (AvgIpc) is 3.56. The largest absolute Gasteiger partial charge is 0.507 e. The predicted octanol–water partition coefficient (Wildman–Crippen LogP) is 4.23. The van der Waals surface area contributed by atoms with Crippen LogP contribution in [0.5, 0.6) is 5.75 Å². The monoisotopic (exact) mass is 432 g/mol. The Kier molecular flexibility index (Phi) is 6.08. The quantitative estimate of drug-likeness (QED) is 0.660. The van der Waals surface area contributed by atoms with Gasteiger partial charge in [-0.3, -0.25) is 5.10 Å². The van der Waals surface area contributed by atoms with Crippen LogP contribution in [-0.4, -0.2) is 56.9 Å². The van der Waals surface area contributed by atoms with Crippen molar-refractivity contribution in [2.45, 2.75) is 64.0 Å². The van der Waals surface area contributed by atoms with E-state index in [2.05, 4.69) is 43.6 Å². The van der Waals surface area contributed by atoms with Crippen molar-refractivity contribution in [3.63, 3.8) is 0 Å². The number of nitrogens with one attached hydrogen (secondary N) is 2. The van der Waals surface area contributed by atoms with Gasteiger partial charge in [0.2, 0.25) is 0 Å². The minimum Gasteiger partial charge on any atom is -0.507 e. The van der Waals surface area contributed by atoms with Gasteiger partial charge in [-0.1, -0.05) is 31.4 Å². The Labute approximate surface area is 189 Å². The lowest BCUT2D eigenvalue weighted by Crippen LogP contribution is -2.39. The van der Waals surface area contributed by atoms with E-state index >= 15 is 0 Å². The molecule has 3 aliphatic rings. The molecule has 168 valence electrons. The highest BCUT2D eigenvalue weighted by atomic mass is 16.3. The summed E-state index contributed by atoms with van der Waals surface area (Å²) in [4.78, 5) is 2.39. The Hall–Kier alpha value is -2.93. The molecule has 0 bridgehead atoms. The van der Waals surface area contributed by atoms with Gasteiger partial charge in [0.15, 0.2) is 0 Å². The Balaban J connectivity index is 1.35. The first kappa shape index (κ1) is 20.9. The van der Waals surface area contributed by atoms with Crippen LogP contribution in [0, 0.1) is 0 Å². The molecule has 1 aromatic carbocycles. The van der Waals surface area contributed by atoms with E-state index in [-0.39, 0.29) is 5.75 Å². The number of aromatic hydroxyl groups is 1. The summed E-state index contributed by atoms with van der Waals surface area (Å²) in [5, 5.41) is 30.6. The zero-order chi connectivity index (χ0) is 21.9. The first-order valence-electron chi connectivity index (χ1n) is 11.9. The highest BCUT2D eigenvalue weighted by Crippen LogP contribution is 2.29. The smallest absolute Gasteiger partial charge is 0.131 e. The Morgan fingerprint density at radius 3 is 2.75 bits per heavy atom. The van der Waals surface area contributed by atoms with Gasteiger partial charge in [-0.05, 0) is 49.5 Å². The van der Waals surface area contributed by atoms with Gasteiger partial charge in [0, 0.05) is 48.9 Å². The maximum atomic E-state index is 10.7. The van der Waals surface area contributed by atoms with Gasteiger partial charge in [-0.25, -0.2) is 0 Å². The van der Waals surface area contributed by atoms with Crippen molar-refractivity contribution in [1.29, 1.82) is 0 Å². The molecule has 7 heteroatoms. The minimum atomic E-state index is 0.204. The number of likely N-dealkylation sites (tertiary alicyclic amines) is 1. The van der Waals surface area contributed by atoms with E-state index in [9.17, 15) is 5.11 Å². The van der Waals surface area contributed by atoms with Gasteiger partial charge in [0.1, 0.15) is 11.6 Å². The van der Waals surface area contributed by atoms with Crippen molar-refractivity contribution in [3.8, 4) is 16.9 Å². The van der Waals surface area contributed by atoms with E-state index in [0.717, 1.165) is 49.3 Å². The number of phenols is 1. The van der Waals surface area contributed by atoms with Crippen molar-refractivity contribution in [2.24, 2.45) is 10.2 Å². The molecule has 3 heterocycles. The summed E-state index contributed by atoms with van der Waals surface area (Å²) in [6.45, 7) is 4.19. The van der Waals surface area contributed by atoms with Crippen molar-refractivity contribution < 1.29 is 5.11 Å². The average molecular weight is 433 g/mol. The van der Waals surface area contributed by atoms with Gasteiger partial charge in [-0.2, -0.15) is 5.10 Å². The number of benzene rings is 1. The van der Waals surface area contributed by atoms with Crippen LogP contribution in [0.1, 0.15) is 57.4 Å². The first-order valence-corrected chi connectivity index (χ1v) is 11.9. The molecular formula is C25H32N6O. The van der Waals surface area contributed by atoms with Crippen LogP contribution in [0.2, 0.25) is 0 Å². The summed E-state index contributed by atoms with van der Waals surface area (Å²) >= 11 is 0. The fraction of sp³-hybridized carbons (Fsp3) is 0.480. The minimum absolute atomic E-state index is 0.204. The lowest BCUT2D eigenvalue weighted by molar-refractivity contribution is 0.422. The number of rotatable bonds is 5. The molecule has 0 spiro atoms. The van der Waals surface area contributed by atoms with Gasteiger partial charge in [0.25, 0.3) is 0 Å². The van der Waals surface area contributed by atoms with Crippen LogP contribution >= 0.6 is 0 Å². The fourth-order valence-electron chi connectivity index (χ4n) is 5.05. The Morgan fingerprint density at radius 1 is 1.12 bits per heavy atom. The first-order chi connectivity index (χ1) is 15.7. The van der Waals surface area contributed by atoms with Gasteiger partial charge >= 0.3 is 0 Å². The molecule has 5 rings (SSSR count). The second-order valence-corrected chi connectivity index (χ2v) is 9.13. The van der Waals surface area contributed by atoms with Crippen molar-refractivity contribution in [3.05, 3.63) is 47.8 Å². The summed E-state index contributed by atoms with van der Waals surface area (Å²) in [5.74, 6) is 1.24. The molecule has 32 heavy (non-hydrogen) atoms. The zero-order valence-electron chi connectivity index (χ0n) is 18.7. The predicted molar refractivity (Wildman–Crippen MR) is 128 cm³/mol. The van der Waals surface area contributed by atoms with Gasteiger partial charge in [0.05, 0.1) is 11.9 Å². The van der Waals surface area contributed by atoms with Crippen LogP contribution in [-0.2, 0) is 0 Å². The van der Waals surface area contributed by atoms with E-state index in [1.54, 1.807) is 12.3 Å². The SMILES string of the molecule is CCC1=CC(c2ccc(-c3cn[nH]c3)cc2O)=NN=C(N2CCC(NC3CCCC3)C2)C1. The van der Waals surface area contributed by atoms with Crippen LogP contribution < -0.4 is 5.32 Å². The molecular weight excluding hydrogens is 400 g/mol. The molecule has 1 aliphatic carbocycles. The molecule has 1 saturated heterocycles. The molecule has 0 radical (unpaired) electrons. The van der Waals surface area contributed by atoms with Gasteiger partial charge < -0.3 is 15.3 Å². The standard InChI is InChI=1S/C25H32N6O/c1-2-17-11-23(22-8-7-18(13-24(22)32)19-14-26-27-15-19)29-30-25(12-17)31-10-9-21(16-31)28-20-5-3-4-6-20/h7-8,11,13-15,20-21,28,32H,2-6,9-10,12,16H2,1H3,(H,26,27). The zero-order valence-corrected chi connectivity index (χ0v) is 18.7. The highest BCUT2D eigenvalue weighted by molar-refractivity contribution is 6.12. The van der Waals surface area contributed by atoms with E-state index < -0.39 is 0 Å². The van der Waals surface area contributed by atoms with Gasteiger partial charge in [-0.15, -0.1) is 10.2 Å². The molecule has 3 N–H and O–H groups in total. The number of hydrogen-bond donors (Lipinski definition) is 3. The summed E-state index contributed by atoms with van der Waals surface area (Å²) in [6, 6.07) is 6.90. The topological polar surface area (TPSA) is 88.9 Å². The number of aromatic nitrogens is 2. The molecule has 1 unspecified atom stereocenters. The number of nitrogens with zero attached hydrogens (tertiary/aromatic N) is 4. The number of H-pyrrole nitrogens is 1. The molecule has 1 atom stereocenters. The van der Waals surface area contributed by atoms with E-state index in [4.69, 9.17) is 0 Å². The number of amidine groups is 1. The van der Waals surface area contributed by atoms with E-state index in [1.807, 2.05) is 18.3 Å². The van der Waals surface area contributed by atoms with E-state index in [1.165, 1.54) is 31.3 Å². The van der Waals surface area contributed by atoms with E-state index in [0.29, 0.717) is 23.4 Å².